The van der Waals surface area contributed by atoms with Gasteiger partial charge < -0.3 is 9.84 Å². The van der Waals surface area contributed by atoms with E-state index in [1.807, 2.05) is 0 Å². The summed E-state index contributed by atoms with van der Waals surface area (Å²) in [4.78, 5) is 34.4. The number of aliphatic hydroxyl groups excluding tert-OH is 1. The molecule has 1 aliphatic heterocycles. The van der Waals surface area contributed by atoms with E-state index in [0.717, 1.165) is 37.5 Å². The first kappa shape index (κ1) is 18.5. The number of hydrogen-bond acceptors (Lipinski definition) is 5. The van der Waals surface area contributed by atoms with Gasteiger partial charge in [0.05, 0.1) is 12.7 Å². The summed E-state index contributed by atoms with van der Waals surface area (Å²) in [5, 5.41) is 10.8. The summed E-state index contributed by atoms with van der Waals surface area (Å²) >= 11 is 0. The highest BCUT2D eigenvalue weighted by atomic mass is 16.6. The number of Topliss-reactive ketones (excluding diaryl/α,β-unsaturated/α-hetero) is 1. The fraction of sp³-hybridized carbons (Fsp3) is 0.750. The number of carbonyl (C=O) groups is 3. The van der Waals surface area contributed by atoms with E-state index in [4.69, 9.17) is 4.74 Å². The molecule has 1 heterocycles. The van der Waals surface area contributed by atoms with Gasteiger partial charge in [0, 0.05) is 0 Å². The Morgan fingerprint density at radius 3 is 2.64 bits per heavy atom. The molecule has 6 atom stereocenters. The van der Waals surface area contributed by atoms with Gasteiger partial charge in [-0.2, -0.15) is 0 Å². The summed E-state index contributed by atoms with van der Waals surface area (Å²) in [7, 11) is 0. The molecule has 3 rings (SSSR count). The van der Waals surface area contributed by atoms with Crippen LogP contribution in [-0.2, 0) is 19.1 Å². The second kappa shape index (κ2) is 6.13. The SMILES string of the molecule is CC1CCC2(C)C(C=O)=CCCC2C1(C)CC(O)C1(C(=O)C=O)CO1. The molecule has 2 aliphatic carbocycles. The van der Waals surface area contributed by atoms with E-state index in [1.165, 1.54) is 0 Å². The minimum absolute atomic E-state index is 0.109. The highest BCUT2D eigenvalue weighted by Gasteiger charge is 2.61. The zero-order chi connectivity index (χ0) is 18.5. The molecule has 138 valence electrons. The number of epoxide rings is 1. The van der Waals surface area contributed by atoms with Gasteiger partial charge in [-0.25, -0.2) is 0 Å². The molecule has 0 spiro atoms. The number of ketones is 1. The van der Waals surface area contributed by atoms with E-state index >= 15 is 0 Å². The number of allylic oxidation sites excluding steroid dienone is 2. The maximum Gasteiger partial charge on any atom is 0.231 e. The molecule has 1 N–H and O–H groups in total. The quantitative estimate of drug-likeness (QED) is 0.452. The van der Waals surface area contributed by atoms with Crippen molar-refractivity contribution in [2.45, 2.75) is 64.6 Å². The minimum atomic E-state index is -1.34. The van der Waals surface area contributed by atoms with Crippen LogP contribution in [0.2, 0.25) is 0 Å². The van der Waals surface area contributed by atoms with Crippen LogP contribution < -0.4 is 0 Å². The van der Waals surface area contributed by atoms with Crippen molar-refractivity contribution in [3.8, 4) is 0 Å². The maximum atomic E-state index is 11.9. The average molecular weight is 348 g/mol. The van der Waals surface area contributed by atoms with Gasteiger partial charge >= 0.3 is 0 Å². The fourth-order valence-corrected chi connectivity index (χ4v) is 5.51. The van der Waals surface area contributed by atoms with Gasteiger partial charge in [-0.15, -0.1) is 0 Å². The number of aliphatic hydroxyl groups is 1. The molecular weight excluding hydrogens is 320 g/mol. The lowest BCUT2D eigenvalue weighted by molar-refractivity contribution is -0.139. The molecule has 0 radical (unpaired) electrons. The Morgan fingerprint density at radius 1 is 1.40 bits per heavy atom. The van der Waals surface area contributed by atoms with Crippen LogP contribution in [0.5, 0.6) is 0 Å². The van der Waals surface area contributed by atoms with E-state index in [-0.39, 0.29) is 29.6 Å². The van der Waals surface area contributed by atoms with Gasteiger partial charge in [-0.3, -0.25) is 14.4 Å². The van der Waals surface area contributed by atoms with Crippen molar-refractivity contribution in [2.75, 3.05) is 6.61 Å². The van der Waals surface area contributed by atoms with Gasteiger partial charge in [-0.1, -0.05) is 26.8 Å². The normalized spacial score (nSPS) is 44.2. The molecule has 0 amide bonds. The number of carbonyl (C=O) groups excluding carboxylic acids is 3. The zero-order valence-electron chi connectivity index (χ0n) is 15.3. The molecule has 2 fully saturated rings. The summed E-state index contributed by atoms with van der Waals surface area (Å²) in [6.07, 6.45) is 6.46. The van der Waals surface area contributed by atoms with Gasteiger partial charge in [-0.05, 0) is 60.3 Å². The summed E-state index contributed by atoms with van der Waals surface area (Å²) < 4.78 is 5.24. The molecule has 0 aromatic carbocycles. The van der Waals surface area contributed by atoms with Crippen LogP contribution in [-0.4, -0.2) is 41.8 Å². The highest BCUT2D eigenvalue weighted by molar-refractivity contribution is 6.30. The van der Waals surface area contributed by atoms with E-state index in [0.29, 0.717) is 12.3 Å². The van der Waals surface area contributed by atoms with Gasteiger partial charge in [0.25, 0.3) is 0 Å². The third kappa shape index (κ3) is 2.63. The van der Waals surface area contributed by atoms with Crippen LogP contribution in [0, 0.1) is 22.7 Å². The Morgan fingerprint density at radius 2 is 2.08 bits per heavy atom. The summed E-state index contributed by atoms with van der Waals surface area (Å²) in [6.45, 7) is 6.62. The van der Waals surface area contributed by atoms with Crippen LogP contribution in [0.3, 0.4) is 0 Å². The largest absolute Gasteiger partial charge is 0.389 e. The van der Waals surface area contributed by atoms with Crippen molar-refractivity contribution >= 4 is 18.4 Å². The Bertz CT molecular complexity index is 620. The average Bonchev–Trinajstić information content (AvgIpc) is 3.39. The van der Waals surface area contributed by atoms with Crippen LogP contribution in [0.1, 0.15) is 52.9 Å². The number of rotatable bonds is 6. The standard InChI is InChI=1S/C20H28O5/c1-13-7-8-18(2)14(10-21)5-4-6-15(18)19(13,3)9-16(23)20(12-25-20)17(24)11-22/h5,10-11,13,15-16,23H,4,6-9,12H2,1-3H3. The number of hydrogen-bond donors (Lipinski definition) is 1. The third-order valence-corrected chi connectivity index (χ3v) is 7.54. The molecule has 1 saturated carbocycles. The Balaban J connectivity index is 1.90. The van der Waals surface area contributed by atoms with Crippen LogP contribution in [0.15, 0.2) is 11.6 Å². The van der Waals surface area contributed by atoms with Gasteiger partial charge in [0.2, 0.25) is 5.78 Å². The second-order valence-electron chi connectivity index (χ2n) is 8.65. The molecule has 0 bridgehead atoms. The Kier molecular flexibility index (Phi) is 4.53. The van der Waals surface area contributed by atoms with Crippen molar-refractivity contribution in [2.24, 2.45) is 22.7 Å². The monoisotopic (exact) mass is 348 g/mol. The zero-order valence-corrected chi connectivity index (χ0v) is 15.3. The predicted molar refractivity (Wildman–Crippen MR) is 91.9 cm³/mol. The second-order valence-corrected chi connectivity index (χ2v) is 8.65. The molecule has 25 heavy (non-hydrogen) atoms. The number of aldehydes is 2. The van der Waals surface area contributed by atoms with Crippen molar-refractivity contribution in [1.82, 2.24) is 0 Å². The van der Waals surface area contributed by atoms with E-state index in [2.05, 4.69) is 26.8 Å². The third-order valence-electron chi connectivity index (χ3n) is 7.54. The Hall–Kier alpha value is -1.33. The van der Waals surface area contributed by atoms with Gasteiger partial charge in [0.1, 0.15) is 6.29 Å². The molecular formula is C20H28O5. The fourth-order valence-electron chi connectivity index (χ4n) is 5.51. The summed E-state index contributed by atoms with van der Waals surface area (Å²) in [6, 6.07) is 0. The molecule has 0 aromatic rings. The first-order valence-electron chi connectivity index (χ1n) is 9.22. The lowest BCUT2D eigenvalue weighted by atomic mass is 9.46. The van der Waals surface area contributed by atoms with E-state index in [1.54, 1.807) is 0 Å². The molecule has 6 unspecified atom stereocenters. The lowest BCUT2D eigenvalue weighted by Gasteiger charge is -2.58. The molecule has 0 aromatic heterocycles. The number of fused-ring (bicyclic) bond motifs is 1. The van der Waals surface area contributed by atoms with E-state index in [9.17, 15) is 19.5 Å². The van der Waals surface area contributed by atoms with Crippen LogP contribution in [0.25, 0.3) is 0 Å². The molecule has 5 heteroatoms. The summed E-state index contributed by atoms with van der Waals surface area (Å²) in [5.74, 6) is -0.0639. The topological polar surface area (TPSA) is 84.0 Å². The minimum Gasteiger partial charge on any atom is -0.389 e. The number of ether oxygens (including phenoxy) is 1. The van der Waals surface area contributed by atoms with Crippen LogP contribution in [0.4, 0.5) is 0 Å². The van der Waals surface area contributed by atoms with Crippen molar-refractivity contribution in [3.63, 3.8) is 0 Å². The first-order valence-corrected chi connectivity index (χ1v) is 9.22. The van der Waals surface area contributed by atoms with Crippen LogP contribution >= 0.6 is 0 Å². The smallest absolute Gasteiger partial charge is 0.231 e. The van der Waals surface area contributed by atoms with Gasteiger partial charge in [0.15, 0.2) is 11.9 Å². The van der Waals surface area contributed by atoms with E-state index < -0.39 is 17.5 Å². The highest BCUT2D eigenvalue weighted by Crippen LogP contribution is 2.62. The van der Waals surface area contributed by atoms with Crippen molar-refractivity contribution < 1.29 is 24.2 Å². The molecule has 5 nitrogen and oxygen atoms in total. The Labute approximate surface area is 148 Å². The maximum absolute atomic E-state index is 11.9. The predicted octanol–water partition coefficient (Wildman–Crippen LogP) is 2.25. The molecule has 1 saturated heterocycles. The molecule has 3 aliphatic rings. The first-order chi connectivity index (χ1) is 11.7. The summed E-state index contributed by atoms with van der Waals surface area (Å²) in [5.41, 5.74) is -0.877. The van der Waals surface area contributed by atoms with Crippen molar-refractivity contribution in [1.29, 1.82) is 0 Å². The lowest BCUT2D eigenvalue weighted by Crippen LogP contribution is -2.53. The van der Waals surface area contributed by atoms with Crippen molar-refractivity contribution in [3.05, 3.63) is 11.6 Å².